The first-order valence-electron chi connectivity index (χ1n) is 9.77. The molecule has 0 aliphatic carbocycles. The topological polar surface area (TPSA) is 54.5 Å². The van der Waals surface area contributed by atoms with Gasteiger partial charge in [0.15, 0.2) is 6.61 Å². The molecule has 5 heteroatoms. The molecule has 5 nitrogen and oxygen atoms in total. The molecular formula is C24H27N3O2. The van der Waals surface area contributed by atoms with E-state index in [0.717, 1.165) is 17.9 Å². The van der Waals surface area contributed by atoms with E-state index in [1.54, 1.807) is 6.20 Å². The lowest BCUT2D eigenvalue weighted by atomic mass is 10.2. The SMILES string of the molecule is Cc1ccc(OCC(=O)Nc2ccc(N(Cc3ccccc3)C(C)C)nc2)cc1. The van der Waals surface area contributed by atoms with E-state index in [-0.39, 0.29) is 12.5 Å². The molecular weight excluding hydrogens is 362 g/mol. The number of hydrogen-bond acceptors (Lipinski definition) is 4. The van der Waals surface area contributed by atoms with Gasteiger partial charge >= 0.3 is 0 Å². The summed E-state index contributed by atoms with van der Waals surface area (Å²) in [5.41, 5.74) is 3.03. The fourth-order valence-corrected chi connectivity index (χ4v) is 2.92. The van der Waals surface area contributed by atoms with Gasteiger partial charge in [-0.05, 0) is 50.6 Å². The molecule has 0 aliphatic rings. The van der Waals surface area contributed by atoms with Gasteiger partial charge in [-0.15, -0.1) is 0 Å². The molecule has 1 aromatic heterocycles. The number of rotatable bonds is 8. The first kappa shape index (κ1) is 20.4. The second-order valence-electron chi connectivity index (χ2n) is 7.26. The lowest BCUT2D eigenvalue weighted by Gasteiger charge is -2.28. The van der Waals surface area contributed by atoms with Crippen LogP contribution in [0.4, 0.5) is 11.5 Å². The number of pyridine rings is 1. The van der Waals surface area contributed by atoms with Crippen molar-refractivity contribution in [1.82, 2.24) is 4.98 Å². The molecule has 1 heterocycles. The van der Waals surface area contributed by atoms with Gasteiger partial charge < -0.3 is 15.0 Å². The van der Waals surface area contributed by atoms with Gasteiger partial charge in [-0.1, -0.05) is 48.0 Å². The molecule has 0 aliphatic heterocycles. The summed E-state index contributed by atoms with van der Waals surface area (Å²) in [4.78, 5) is 18.9. The summed E-state index contributed by atoms with van der Waals surface area (Å²) in [7, 11) is 0. The van der Waals surface area contributed by atoms with Crippen molar-refractivity contribution in [2.45, 2.75) is 33.4 Å². The van der Waals surface area contributed by atoms with E-state index in [0.29, 0.717) is 17.5 Å². The van der Waals surface area contributed by atoms with E-state index >= 15 is 0 Å². The van der Waals surface area contributed by atoms with Crippen molar-refractivity contribution in [2.75, 3.05) is 16.8 Å². The Morgan fingerprint density at radius 3 is 2.38 bits per heavy atom. The zero-order valence-corrected chi connectivity index (χ0v) is 17.1. The molecule has 0 radical (unpaired) electrons. The Morgan fingerprint density at radius 1 is 1.03 bits per heavy atom. The number of anilines is 2. The minimum Gasteiger partial charge on any atom is -0.484 e. The maximum Gasteiger partial charge on any atom is 0.262 e. The van der Waals surface area contributed by atoms with Crippen LogP contribution >= 0.6 is 0 Å². The molecule has 3 rings (SSSR count). The minimum atomic E-state index is -0.217. The fraction of sp³-hybridized carbons (Fsp3) is 0.250. The van der Waals surface area contributed by atoms with Crippen LogP contribution in [0.15, 0.2) is 72.9 Å². The number of nitrogens with zero attached hydrogens (tertiary/aromatic N) is 2. The summed E-state index contributed by atoms with van der Waals surface area (Å²) in [6.07, 6.45) is 1.68. The molecule has 0 saturated heterocycles. The highest BCUT2D eigenvalue weighted by Gasteiger charge is 2.13. The zero-order chi connectivity index (χ0) is 20.6. The van der Waals surface area contributed by atoms with Gasteiger partial charge in [-0.2, -0.15) is 0 Å². The summed E-state index contributed by atoms with van der Waals surface area (Å²) in [5.74, 6) is 1.33. The van der Waals surface area contributed by atoms with E-state index in [4.69, 9.17) is 4.74 Å². The second-order valence-corrected chi connectivity index (χ2v) is 7.26. The maximum absolute atomic E-state index is 12.1. The Morgan fingerprint density at radius 2 is 1.76 bits per heavy atom. The van der Waals surface area contributed by atoms with E-state index in [2.05, 4.69) is 41.2 Å². The van der Waals surface area contributed by atoms with Crippen LogP contribution in [0.1, 0.15) is 25.0 Å². The minimum absolute atomic E-state index is 0.0447. The monoisotopic (exact) mass is 389 g/mol. The summed E-state index contributed by atoms with van der Waals surface area (Å²) in [6, 6.07) is 22.0. The second kappa shape index (κ2) is 9.73. The number of ether oxygens (including phenoxy) is 1. The van der Waals surface area contributed by atoms with Crippen molar-refractivity contribution < 1.29 is 9.53 Å². The quantitative estimate of drug-likeness (QED) is 0.600. The molecule has 3 aromatic rings. The molecule has 1 amide bonds. The normalized spacial score (nSPS) is 10.6. The number of amides is 1. The third-order valence-electron chi connectivity index (χ3n) is 4.54. The summed E-state index contributed by atoms with van der Waals surface area (Å²) >= 11 is 0. The number of aryl methyl sites for hydroxylation is 1. The lowest BCUT2D eigenvalue weighted by molar-refractivity contribution is -0.118. The molecule has 0 bridgehead atoms. The molecule has 0 spiro atoms. The average molecular weight is 389 g/mol. The van der Waals surface area contributed by atoms with Gasteiger partial charge in [0.1, 0.15) is 11.6 Å². The lowest BCUT2D eigenvalue weighted by Crippen LogP contribution is -2.30. The Labute approximate surface area is 172 Å². The first-order chi connectivity index (χ1) is 14.0. The largest absolute Gasteiger partial charge is 0.484 e. The predicted molar refractivity (Wildman–Crippen MR) is 117 cm³/mol. The highest BCUT2D eigenvalue weighted by Crippen LogP contribution is 2.19. The molecule has 0 atom stereocenters. The van der Waals surface area contributed by atoms with Gasteiger partial charge in [0.05, 0.1) is 11.9 Å². The summed E-state index contributed by atoms with van der Waals surface area (Å²) in [6.45, 7) is 7.03. The van der Waals surface area contributed by atoms with Crippen molar-refractivity contribution in [2.24, 2.45) is 0 Å². The highest BCUT2D eigenvalue weighted by molar-refractivity contribution is 5.91. The van der Waals surface area contributed by atoms with E-state index < -0.39 is 0 Å². The van der Waals surface area contributed by atoms with Crippen LogP contribution in [-0.4, -0.2) is 23.5 Å². The average Bonchev–Trinajstić information content (AvgIpc) is 2.73. The first-order valence-corrected chi connectivity index (χ1v) is 9.77. The van der Waals surface area contributed by atoms with Crippen LogP contribution < -0.4 is 15.0 Å². The molecule has 29 heavy (non-hydrogen) atoms. The summed E-state index contributed by atoms with van der Waals surface area (Å²) in [5, 5.41) is 2.82. The molecule has 150 valence electrons. The Hall–Kier alpha value is -3.34. The van der Waals surface area contributed by atoms with Crippen LogP contribution in [0.3, 0.4) is 0 Å². The van der Waals surface area contributed by atoms with E-state index in [1.807, 2.05) is 61.5 Å². The zero-order valence-electron chi connectivity index (χ0n) is 17.1. The maximum atomic E-state index is 12.1. The third-order valence-corrected chi connectivity index (χ3v) is 4.54. The van der Waals surface area contributed by atoms with Crippen molar-refractivity contribution in [3.63, 3.8) is 0 Å². The van der Waals surface area contributed by atoms with Crippen molar-refractivity contribution >= 4 is 17.4 Å². The Kier molecular flexibility index (Phi) is 6.85. The predicted octanol–water partition coefficient (Wildman–Crippen LogP) is 4.82. The molecule has 0 fully saturated rings. The smallest absolute Gasteiger partial charge is 0.262 e. The highest BCUT2D eigenvalue weighted by atomic mass is 16.5. The van der Waals surface area contributed by atoms with Crippen LogP contribution in [0.2, 0.25) is 0 Å². The van der Waals surface area contributed by atoms with Crippen molar-refractivity contribution in [3.8, 4) is 5.75 Å². The van der Waals surface area contributed by atoms with Crippen molar-refractivity contribution in [3.05, 3.63) is 84.1 Å². The number of aromatic nitrogens is 1. The van der Waals surface area contributed by atoms with Crippen LogP contribution in [0.25, 0.3) is 0 Å². The fourth-order valence-electron chi connectivity index (χ4n) is 2.92. The van der Waals surface area contributed by atoms with Gasteiger partial charge in [0.2, 0.25) is 0 Å². The van der Waals surface area contributed by atoms with Gasteiger partial charge in [0.25, 0.3) is 5.91 Å². The van der Waals surface area contributed by atoms with E-state index in [9.17, 15) is 4.79 Å². The van der Waals surface area contributed by atoms with E-state index in [1.165, 1.54) is 5.56 Å². The number of carbonyl (C=O) groups is 1. The van der Waals surface area contributed by atoms with Gasteiger partial charge in [-0.25, -0.2) is 4.98 Å². The standard InChI is InChI=1S/C24H27N3O2/c1-18(2)27(16-20-7-5-4-6-8-20)23-14-11-21(15-25-23)26-24(28)17-29-22-12-9-19(3)10-13-22/h4-15,18H,16-17H2,1-3H3,(H,26,28). The molecule has 0 saturated carbocycles. The summed E-state index contributed by atoms with van der Waals surface area (Å²) < 4.78 is 5.51. The molecule has 2 aromatic carbocycles. The van der Waals surface area contributed by atoms with Crippen LogP contribution in [-0.2, 0) is 11.3 Å². The number of benzene rings is 2. The molecule has 1 N–H and O–H groups in total. The van der Waals surface area contributed by atoms with Gasteiger partial charge in [-0.3, -0.25) is 4.79 Å². The van der Waals surface area contributed by atoms with Crippen LogP contribution in [0, 0.1) is 6.92 Å². The number of hydrogen-bond donors (Lipinski definition) is 1. The Bertz CT molecular complexity index is 907. The number of nitrogens with one attached hydrogen (secondary N) is 1. The number of carbonyl (C=O) groups excluding carboxylic acids is 1. The Balaban J connectivity index is 1.58. The third kappa shape index (κ3) is 6.07. The van der Waals surface area contributed by atoms with Gasteiger partial charge in [0, 0.05) is 12.6 Å². The molecule has 0 unspecified atom stereocenters. The van der Waals surface area contributed by atoms with Crippen molar-refractivity contribution in [1.29, 1.82) is 0 Å². The van der Waals surface area contributed by atoms with Crippen LogP contribution in [0.5, 0.6) is 5.75 Å².